The van der Waals surface area contributed by atoms with Gasteiger partial charge in [0.15, 0.2) is 17.7 Å². The number of carbonyl (C=O) groups excluding carboxylic acids is 1. The van der Waals surface area contributed by atoms with E-state index in [1.54, 1.807) is 36.4 Å². The van der Waals surface area contributed by atoms with E-state index in [0.717, 1.165) is 9.30 Å². The van der Waals surface area contributed by atoms with Crippen LogP contribution in [0.15, 0.2) is 53.6 Å². The summed E-state index contributed by atoms with van der Waals surface area (Å²) in [6, 6.07) is 10.2. The van der Waals surface area contributed by atoms with Crippen molar-refractivity contribution in [1.82, 2.24) is 14.9 Å². The fourth-order valence-corrected chi connectivity index (χ4v) is 3.36. The molecule has 1 aromatic carbocycles. The average Bonchev–Trinajstić information content (AvgIpc) is 2.78. The highest BCUT2D eigenvalue weighted by Gasteiger charge is 2.14. The maximum atomic E-state index is 12.7. The summed E-state index contributed by atoms with van der Waals surface area (Å²) in [6.45, 7) is 0.172. The van der Waals surface area contributed by atoms with E-state index < -0.39 is 11.5 Å². The molecule has 2 aromatic heterocycles. The van der Waals surface area contributed by atoms with Gasteiger partial charge in [-0.05, 0) is 18.2 Å². The van der Waals surface area contributed by atoms with Crippen molar-refractivity contribution < 1.29 is 14.3 Å². The lowest BCUT2D eigenvalue weighted by Gasteiger charge is -2.13. The van der Waals surface area contributed by atoms with Crippen LogP contribution in [0.2, 0.25) is 10.2 Å². The normalized spacial score (nSPS) is 10.6. The number of hydrogen-bond acceptors (Lipinski definition) is 6. The van der Waals surface area contributed by atoms with Crippen molar-refractivity contribution in [2.75, 3.05) is 19.0 Å². The lowest BCUT2D eigenvalue weighted by molar-refractivity contribution is -0.613. The van der Waals surface area contributed by atoms with Crippen LogP contribution in [0.1, 0.15) is 11.3 Å². The van der Waals surface area contributed by atoms with Crippen molar-refractivity contribution in [2.45, 2.75) is 19.5 Å². The Labute approximate surface area is 194 Å². The number of aromatic nitrogens is 3. The van der Waals surface area contributed by atoms with Gasteiger partial charge in [-0.2, -0.15) is 4.73 Å². The first kappa shape index (κ1) is 23.4. The molecule has 2 N–H and O–H groups in total. The van der Waals surface area contributed by atoms with Crippen LogP contribution in [-0.2, 0) is 24.3 Å². The summed E-state index contributed by atoms with van der Waals surface area (Å²) in [5, 5.41) is 17.8. The number of nitrogens with zero attached hydrogens (tertiary/aromatic N) is 3. The Morgan fingerprint density at radius 1 is 1.28 bits per heavy atom. The fourth-order valence-electron chi connectivity index (χ4n) is 2.98. The second-order valence-corrected chi connectivity index (χ2v) is 7.57. The average molecular weight is 478 g/mol. The number of pyridine rings is 1. The number of methoxy groups -OCH3 is 1. The maximum absolute atomic E-state index is 12.7. The molecule has 168 valence electrons. The molecule has 0 aliphatic heterocycles. The van der Waals surface area contributed by atoms with E-state index in [1.165, 1.54) is 19.5 Å². The first-order valence-corrected chi connectivity index (χ1v) is 10.4. The van der Waals surface area contributed by atoms with Crippen molar-refractivity contribution in [3.05, 3.63) is 85.8 Å². The number of hydrogen-bond donors (Lipinski definition) is 2. The van der Waals surface area contributed by atoms with Gasteiger partial charge in [0, 0.05) is 35.8 Å². The molecule has 0 spiro atoms. The van der Waals surface area contributed by atoms with Crippen LogP contribution in [0.3, 0.4) is 0 Å². The lowest BCUT2D eigenvalue weighted by atomic mass is 10.2. The highest BCUT2D eigenvalue weighted by molar-refractivity contribution is 6.30. The minimum atomic E-state index is -0.545. The summed E-state index contributed by atoms with van der Waals surface area (Å²) >= 11 is 12.1. The number of carbonyl (C=O) groups is 1. The van der Waals surface area contributed by atoms with Gasteiger partial charge in [0.1, 0.15) is 17.4 Å². The van der Waals surface area contributed by atoms with Gasteiger partial charge in [-0.3, -0.25) is 14.2 Å². The summed E-state index contributed by atoms with van der Waals surface area (Å²) in [5.41, 5.74) is 0.696. The number of nitrogens with one attached hydrogen (secondary N) is 2. The minimum absolute atomic E-state index is 0.0245. The van der Waals surface area contributed by atoms with E-state index >= 15 is 0 Å². The Bertz CT molecular complexity index is 1170. The highest BCUT2D eigenvalue weighted by atomic mass is 35.5. The molecule has 0 fully saturated rings. The molecule has 0 aliphatic carbocycles. The molecule has 0 bridgehead atoms. The van der Waals surface area contributed by atoms with Crippen LogP contribution in [-0.4, -0.2) is 29.1 Å². The topological polar surface area (TPSA) is 112 Å². The largest absolute Gasteiger partial charge is 0.619 e. The third-order valence-electron chi connectivity index (χ3n) is 4.60. The van der Waals surface area contributed by atoms with Gasteiger partial charge in [0.25, 0.3) is 5.56 Å². The van der Waals surface area contributed by atoms with Crippen molar-refractivity contribution >= 4 is 34.9 Å². The van der Waals surface area contributed by atoms with E-state index in [4.69, 9.17) is 27.9 Å². The number of benzene rings is 1. The zero-order valence-electron chi connectivity index (χ0n) is 17.2. The Kier molecular flexibility index (Phi) is 7.91. The summed E-state index contributed by atoms with van der Waals surface area (Å²) in [4.78, 5) is 29.2. The molecule has 0 atom stereocenters. The van der Waals surface area contributed by atoms with Gasteiger partial charge in [-0.25, -0.2) is 4.98 Å². The molecule has 0 unspecified atom stereocenters. The molecule has 32 heavy (non-hydrogen) atoms. The number of ether oxygens (including phenoxy) is 1. The van der Waals surface area contributed by atoms with Gasteiger partial charge in [0.2, 0.25) is 5.91 Å². The summed E-state index contributed by atoms with van der Waals surface area (Å²) in [7, 11) is 1.52. The van der Waals surface area contributed by atoms with Gasteiger partial charge in [-0.15, -0.1) is 0 Å². The number of anilines is 1. The Hall–Kier alpha value is -3.30. The molecular weight excluding hydrogens is 457 g/mol. The summed E-state index contributed by atoms with van der Waals surface area (Å²) < 4.78 is 7.13. The van der Waals surface area contributed by atoms with Crippen LogP contribution in [0, 0.1) is 5.21 Å². The third-order valence-corrected chi connectivity index (χ3v) is 5.14. The molecule has 0 saturated carbocycles. The second kappa shape index (κ2) is 10.8. The Balaban J connectivity index is 1.64. The molecule has 2 heterocycles. The van der Waals surface area contributed by atoms with Gasteiger partial charge in [-0.1, -0.05) is 29.3 Å². The fraction of sp³-hybridized carbons (Fsp3) is 0.238. The molecule has 1 amide bonds. The first-order valence-electron chi connectivity index (χ1n) is 9.64. The molecule has 3 aromatic rings. The predicted octanol–water partition coefficient (Wildman–Crippen LogP) is 2.16. The number of halogens is 2. The van der Waals surface area contributed by atoms with E-state index in [1.807, 2.05) is 0 Å². The predicted molar refractivity (Wildman–Crippen MR) is 121 cm³/mol. The van der Waals surface area contributed by atoms with Crippen molar-refractivity contribution in [1.29, 1.82) is 0 Å². The lowest BCUT2D eigenvalue weighted by Crippen LogP contribution is -2.34. The molecule has 0 radical (unpaired) electrons. The smallest absolute Gasteiger partial charge is 0.294 e. The molecule has 9 nitrogen and oxygen atoms in total. The van der Waals surface area contributed by atoms with Crippen LogP contribution >= 0.6 is 23.2 Å². The van der Waals surface area contributed by atoms with Gasteiger partial charge < -0.3 is 20.6 Å². The van der Waals surface area contributed by atoms with Gasteiger partial charge in [0.05, 0.1) is 19.7 Å². The SMILES string of the molecule is COc1ccc(Cl)cc1CNC(=O)Cn1c(Cl)cnc(NCCc2cccc[n+]2[O-])c1=O. The van der Waals surface area contributed by atoms with E-state index in [9.17, 15) is 14.8 Å². The molecule has 0 saturated heterocycles. The Morgan fingerprint density at radius 2 is 2.09 bits per heavy atom. The van der Waals surface area contributed by atoms with Crippen LogP contribution in [0.5, 0.6) is 5.75 Å². The first-order chi connectivity index (χ1) is 15.4. The summed E-state index contributed by atoms with van der Waals surface area (Å²) in [5.74, 6) is 0.190. The molecule has 0 aliphatic rings. The van der Waals surface area contributed by atoms with E-state index in [0.29, 0.717) is 35.0 Å². The van der Waals surface area contributed by atoms with Crippen molar-refractivity contribution in [3.63, 3.8) is 0 Å². The second-order valence-electron chi connectivity index (χ2n) is 6.75. The van der Waals surface area contributed by atoms with Crippen molar-refractivity contribution in [3.8, 4) is 5.75 Å². The summed E-state index contributed by atoms with van der Waals surface area (Å²) in [6.07, 6.45) is 3.07. The number of rotatable bonds is 9. The molecule has 11 heteroatoms. The van der Waals surface area contributed by atoms with E-state index in [-0.39, 0.29) is 24.1 Å². The zero-order valence-corrected chi connectivity index (χ0v) is 18.7. The van der Waals surface area contributed by atoms with Crippen molar-refractivity contribution in [2.24, 2.45) is 0 Å². The van der Waals surface area contributed by atoms with E-state index in [2.05, 4.69) is 15.6 Å². The number of amides is 1. The molecule has 3 rings (SSSR count). The zero-order chi connectivity index (χ0) is 23.1. The highest BCUT2D eigenvalue weighted by Crippen LogP contribution is 2.22. The Morgan fingerprint density at radius 3 is 2.84 bits per heavy atom. The quantitative estimate of drug-likeness (QED) is 0.360. The minimum Gasteiger partial charge on any atom is -0.619 e. The van der Waals surface area contributed by atoms with Gasteiger partial charge >= 0.3 is 0 Å². The molecular formula is C21H21Cl2N5O4. The monoisotopic (exact) mass is 477 g/mol. The standard InChI is InChI=1S/C21H21Cl2N5O4/c1-32-17-6-5-15(22)10-14(17)11-25-19(29)13-27-18(23)12-26-20(21(27)30)24-8-7-16-4-2-3-9-28(16)31/h2-6,9-10,12H,7-8,11,13H2,1H3,(H,24,26)(H,25,29). The third kappa shape index (κ3) is 5.89. The van der Waals surface area contributed by atoms with Crippen LogP contribution in [0.4, 0.5) is 5.82 Å². The maximum Gasteiger partial charge on any atom is 0.294 e. The van der Waals surface area contributed by atoms with Crippen LogP contribution < -0.4 is 25.7 Å². The van der Waals surface area contributed by atoms with Crippen LogP contribution in [0.25, 0.3) is 0 Å².